The summed E-state index contributed by atoms with van der Waals surface area (Å²) in [6.45, 7) is 4.44. The zero-order valence-corrected chi connectivity index (χ0v) is 12.4. The maximum atomic E-state index is 14.3. The van der Waals surface area contributed by atoms with E-state index in [4.69, 9.17) is 4.74 Å². The average molecular weight is 291 g/mol. The Morgan fingerprint density at radius 3 is 2.29 bits per heavy atom. The molecule has 0 bridgehead atoms. The van der Waals surface area contributed by atoms with Crippen LogP contribution < -0.4 is 10.1 Å². The topological polar surface area (TPSA) is 21.3 Å². The second kappa shape index (κ2) is 6.68. The monoisotopic (exact) mass is 291 g/mol. The highest BCUT2D eigenvalue weighted by atomic mass is 19.1. The standard InChI is InChI=1S/C17H19F2NO/c1-4-20-17(13-8-6-5-7-11(13)2)16-14(18)9-12(21-3)10-15(16)19/h5-10,17,20H,4H2,1-3H3. The van der Waals surface area contributed by atoms with Crippen LogP contribution in [0.15, 0.2) is 36.4 Å². The molecule has 2 nitrogen and oxygen atoms in total. The number of hydrogen-bond acceptors (Lipinski definition) is 2. The van der Waals surface area contributed by atoms with Gasteiger partial charge in [-0.2, -0.15) is 0 Å². The molecule has 1 N–H and O–H groups in total. The number of ether oxygens (including phenoxy) is 1. The summed E-state index contributed by atoms with van der Waals surface area (Å²) in [5.74, 6) is -1.05. The molecule has 0 fully saturated rings. The minimum absolute atomic E-state index is 0.0203. The van der Waals surface area contributed by atoms with Gasteiger partial charge in [0.2, 0.25) is 0 Å². The van der Waals surface area contributed by atoms with Crippen LogP contribution in [0.3, 0.4) is 0 Å². The largest absolute Gasteiger partial charge is 0.497 e. The van der Waals surface area contributed by atoms with Crippen LogP contribution >= 0.6 is 0 Å². The molecule has 0 saturated heterocycles. The number of aryl methyl sites for hydroxylation is 1. The van der Waals surface area contributed by atoms with Gasteiger partial charge in [-0.25, -0.2) is 8.78 Å². The molecule has 112 valence electrons. The minimum Gasteiger partial charge on any atom is -0.497 e. The molecule has 0 radical (unpaired) electrons. The third-order valence-electron chi connectivity index (χ3n) is 3.48. The first-order valence-electron chi connectivity index (χ1n) is 6.90. The van der Waals surface area contributed by atoms with Crippen molar-refractivity contribution in [1.29, 1.82) is 0 Å². The summed E-state index contributed by atoms with van der Waals surface area (Å²) in [7, 11) is 1.39. The van der Waals surface area contributed by atoms with Crippen LogP contribution in [0, 0.1) is 18.6 Å². The van der Waals surface area contributed by atoms with Crippen LogP contribution in [0.25, 0.3) is 0 Å². The van der Waals surface area contributed by atoms with E-state index in [1.165, 1.54) is 19.2 Å². The lowest BCUT2D eigenvalue weighted by molar-refractivity contribution is 0.403. The van der Waals surface area contributed by atoms with Crippen LogP contribution in [0.5, 0.6) is 5.75 Å². The fourth-order valence-corrected chi connectivity index (χ4v) is 2.44. The smallest absolute Gasteiger partial charge is 0.134 e. The van der Waals surface area contributed by atoms with Gasteiger partial charge >= 0.3 is 0 Å². The molecular formula is C17H19F2NO. The van der Waals surface area contributed by atoms with E-state index in [2.05, 4.69) is 5.32 Å². The van der Waals surface area contributed by atoms with E-state index >= 15 is 0 Å². The van der Waals surface area contributed by atoms with E-state index in [1.807, 2.05) is 38.1 Å². The summed E-state index contributed by atoms with van der Waals surface area (Å²) in [5, 5.41) is 3.15. The Balaban J connectivity index is 2.56. The highest BCUT2D eigenvalue weighted by molar-refractivity contribution is 5.40. The van der Waals surface area contributed by atoms with Crippen molar-refractivity contribution >= 4 is 0 Å². The van der Waals surface area contributed by atoms with Gasteiger partial charge in [0, 0.05) is 17.7 Å². The van der Waals surface area contributed by atoms with E-state index in [9.17, 15) is 8.78 Å². The van der Waals surface area contributed by atoms with Crippen molar-refractivity contribution in [2.75, 3.05) is 13.7 Å². The number of nitrogens with one attached hydrogen (secondary N) is 1. The summed E-state index contributed by atoms with van der Waals surface area (Å²) in [6.07, 6.45) is 0. The molecule has 0 aliphatic rings. The molecule has 2 aromatic rings. The lowest BCUT2D eigenvalue weighted by atomic mass is 9.94. The Hall–Kier alpha value is -1.94. The van der Waals surface area contributed by atoms with E-state index in [-0.39, 0.29) is 11.3 Å². The van der Waals surface area contributed by atoms with Gasteiger partial charge in [0.15, 0.2) is 0 Å². The molecule has 0 aliphatic carbocycles. The summed E-state index contributed by atoms with van der Waals surface area (Å²) < 4.78 is 33.6. The molecule has 0 aliphatic heterocycles. The second-order valence-electron chi connectivity index (χ2n) is 4.85. The lowest BCUT2D eigenvalue weighted by Crippen LogP contribution is -2.25. The zero-order valence-electron chi connectivity index (χ0n) is 12.4. The summed E-state index contributed by atoms with van der Waals surface area (Å²) >= 11 is 0. The van der Waals surface area contributed by atoms with Gasteiger partial charge in [-0.3, -0.25) is 0 Å². The van der Waals surface area contributed by atoms with E-state index in [0.29, 0.717) is 6.54 Å². The van der Waals surface area contributed by atoms with Gasteiger partial charge in [0.05, 0.1) is 13.2 Å². The summed E-state index contributed by atoms with van der Waals surface area (Å²) in [5.41, 5.74) is 1.87. The number of halogens is 2. The molecule has 0 saturated carbocycles. The van der Waals surface area contributed by atoms with Crippen molar-refractivity contribution in [1.82, 2.24) is 5.32 Å². The first kappa shape index (κ1) is 15.4. The maximum Gasteiger partial charge on any atom is 0.134 e. The maximum absolute atomic E-state index is 14.3. The first-order valence-corrected chi connectivity index (χ1v) is 6.90. The van der Waals surface area contributed by atoms with Crippen LogP contribution in [0.2, 0.25) is 0 Å². The number of hydrogen-bond donors (Lipinski definition) is 1. The van der Waals surface area contributed by atoms with Crippen molar-refractivity contribution in [2.45, 2.75) is 19.9 Å². The van der Waals surface area contributed by atoms with Crippen molar-refractivity contribution in [2.24, 2.45) is 0 Å². The molecular weight excluding hydrogens is 272 g/mol. The van der Waals surface area contributed by atoms with Gasteiger partial charge < -0.3 is 10.1 Å². The second-order valence-corrected chi connectivity index (χ2v) is 4.85. The molecule has 2 rings (SSSR count). The Kier molecular flexibility index (Phi) is 4.91. The molecule has 21 heavy (non-hydrogen) atoms. The predicted molar refractivity (Wildman–Crippen MR) is 79.6 cm³/mol. The predicted octanol–water partition coefficient (Wildman–Crippen LogP) is 3.98. The van der Waals surface area contributed by atoms with E-state index in [1.54, 1.807) is 0 Å². The lowest BCUT2D eigenvalue weighted by Gasteiger charge is -2.22. The molecule has 1 unspecified atom stereocenters. The highest BCUT2D eigenvalue weighted by Crippen LogP contribution is 2.31. The number of rotatable bonds is 5. The molecule has 1 atom stereocenters. The van der Waals surface area contributed by atoms with Crippen LogP contribution in [0.1, 0.15) is 29.7 Å². The van der Waals surface area contributed by atoms with Gasteiger partial charge in [0.25, 0.3) is 0 Å². The van der Waals surface area contributed by atoms with Crippen LogP contribution in [-0.2, 0) is 0 Å². The normalized spacial score (nSPS) is 12.2. The zero-order chi connectivity index (χ0) is 15.4. The molecule has 0 heterocycles. The highest BCUT2D eigenvalue weighted by Gasteiger charge is 2.23. The summed E-state index contributed by atoms with van der Waals surface area (Å²) in [4.78, 5) is 0. The van der Waals surface area contributed by atoms with Crippen molar-refractivity contribution in [3.05, 3.63) is 64.7 Å². The minimum atomic E-state index is -0.610. The fraction of sp³-hybridized carbons (Fsp3) is 0.294. The van der Waals surface area contributed by atoms with Gasteiger partial charge in [0.1, 0.15) is 17.4 Å². The third kappa shape index (κ3) is 3.22. The van der Waals surface area contributed by atoms with Crippen molar-refractivity contribution < 1.29 is 13.5 Å². The molecule has 0 amide bonds. The number of methoxy groups -OCH3 is 1. The molecule has 2 aromatic carbocycles. The Morgan fingerprint density at radius 2 is 1.76 bits per heavy atom. The van der Waals surface area contributed by atoms with E-state index in [0.717, 1.165) is 11.1 Å². The number of benzene rings is 2. The SMILES string of the molecule is CCNC(c1ccccc1C)c1c(F)cc(OC)cc1F. The third-order valence-corrected chi connectivity index (χ3v) is 3.48. The van der Waals surface area contributed by atoms with Crippen molar-refractivity contribution in [3.63, 3.8) is 0 Å². The van der Waals surface area contributed by atoms with Gasteiger partial charge in [-0.15, -0.1) is 0 Å². The average Bonchev–Trinajstić information content (AvgIpc) is 2.46. The molecule has 4 heteroatoms. The Morgan fingerprint density at radius 1 is 1.14 bits per heavy atom. The first-order chi connectivity index (χ1) is 10.1. The Labute approximate surface area is 123 Å². The quantitative estimate of drug-likeness (QED) is 0.899. The van der Waals surface area contributed by atoms with Gasteiger partial charge in [-0.1, -0.05) is 31.2 Å². The van der Waals surface area contributed by atoms with Crippen molar-refractivity contribution in [3.8, 4) is 5.75 Å². The molecule has 0 spiro atoms. The fourth-order valence-electron chi connectivity index (χ4n) is 2.44. The Bertz CT molecular complexity index is 605. The molecule has 0 aromatic heterocycles. The van der Waals surface area contributed by atoms with E-state index < -0.39 is 17.7 Å². The van der Waals surface area contributed by atoms with Crippen LogP contribution in [0.4, 0.5) is 8.78 Å². The summed E-state index contributed by atoms with van der Waals surface area (Å²) in [6, 6.07) is 9.48. The van der Waals surface area contributed by atoms with Crippen LogP contribution in [-0.4, -0.2) is 13.7 Å². The van der Waals surface area contributed by atoms with Gasteiger partial charge in [-0.05, 0) is 24.6 Å².